The highest BCUT2D eigenvalue weighted by Crippen LogP contribution is 2.38. The molecule has 1 aliphatic rings. The van der Waals surface area contributed by atoms with Crippen LogP contribution in [0.4, 0.5) is 5.69 Å². The number of carbonyl (C=O) groups is 1. The third-order valence-electron chi connectivity index (χ3n) is 5.62. The van der Waals surface area contributed by atoms with E-state index >= 15 is 0 Å². The average Bonchev–Trinajstić information content (AvgIpc) is 3.23. The Bertz CT molecular complexity index is 1240. The van der Waals surface area contributed by atoms with Crippen molar-refractivity contribution in [2.24, 2.45) is 0 Å². The van der Waals surface area contributed by atoms with Gasteiger partial charge in [0.15, 0.2) is 0 Å². The van der Waals surface area contributed by atoms with E-state index in [4.69, 9.17) is 14.3 Å². The van der Waals surface area contributed by atoms with Crippen LogP contribution in [-0.4, -0.2) is 35.4 Å². The second-order valence-corrected chi connectivity index (χ2v) is 7.62. The zero-order valence-corrected chi connectivity index (χ0v) is 16.7. The predicted molar refractivity (Wildman–Crippen MR) is 118 cm³/mol. The summed E-state index contributed by atoms with van der Waals surface area (Å²) in [7, 11) is 0. The van der Waals surface area contributed by atoms with E-state index in [1.165, 1.54) is 0 Å². The van der Waals surface area contributed by atoms with Crippen LogP contribution in [0.1, 0.15) is 15.9 Å². The molecule has 0 spiro atoms. The smallest absolute Gasteiger partial charge is 0.336 e. The van der Waals surface area contributed by atoms with Crippen molar-refractivity contribution in [3.8, 4) is 16.9 Å². The summed E-state index contributed by atoms with van der Waals surface area (Å²) in [6.45, 7) is 1.31. The van der Waals surface area contributed by atoms with Crippen LogP contribution in [0.5, 0.6) is 5.75 Å². The number of furan rings is 1. The van der Waals surface area contributed by atoms with Crippen LogP contribution in [0.3, 0.4) is 0 Å². The second kappa shape index (κ2) is 7.81. The fraction of sp³-hybridized carbons (Fsp3) is 0.160. The fourth-order valence-electron chi connectivity index (χ4n) is 3.97. The number of benzene rings is 3. The van der Waals surface area contributed by atoms with Gasteiger partial charge < -0.3 is 24.3 Å². The normalized spacial score (nSPS) is 13.9. The maximum atomic E-state index is 12.0. The standard InChI is InChI=1S/C25H21NO5/c27-15-16-4-8-19(9-5-16)31-20-13-26(14-20)22-3-1-2-21(25(28)29)24(22)18-7-6-17-10-11-30-23(17)12-18/h1-12,20,27H,13-15H2,(H,28,29). The third kappa shape index (κ3) is 3.62. The number of hydrogen-bond donors (Lipinski definition) is 2. The quantitative estimate of drug-likeness (QED) is 0.480. The molecule has 4 aromatic rings. The fourth-order valence-corrected chi connectivity index (χ4v) is 3.97. The summed E-state index contributed by atoms with van der Waals surface area (Å²) < 4.78 is 11.5. The van der Waals surface area contributed by atoms with Gasteiger partial charge in [-0.25, -0.2) is 4.79 Å². The molecule has 0 unspecified atom stereocenters. The topological polar surface area (TPSA) is 83.1 Å². The highest BCUT2D eigenvalue weighted by molar-refractivity contribution is 6.01. The monoisotopic (exact) mass is 415 g/mol. The van der Waals surface area contributed by atoms with Crippen LogP contribution < -0.4 is 9.64 Å². The first-order valence-electron chi connectivity index (χ1n) is 10.1. The number of aliphatic hydroxyl groups is 1. The third-order valence-corrected chi connectivity index (χ3v) is 5.62. The number of fused-ring (bicyclic) bond motifs is 1. The molecule has 0 amide bonds. The summed E-state index contributed by atoms with van der Waals surface area (Å²) in [6, 6.07) is 20.4. The summed E-state index contributed by atoms with van der Waals surface area (Å²) in [5.74, 6) is -0.210. The largest absolute Gasteiger partial charge is 0.487 e. The Balaban J connectivity index is 1.42. The lowest BCUT2D eigenvalue weighted by atomic mass is 9.94. The molecular formula is C25H21NO5. The Morgan fingerprint density at radius 1 is 1.06 bits per heavy atom. The van der Waals surface area contributed by atoms with Gasteiger partial charge in [-0.05, 0) is 47.5 Å². The minimum Gasteiger partial charge on any atom is -0.487 e. The van der Waals surface area contributed by atoms with Crippen molar-refractivity contribution in [1.29, 1.82) is 0 Å². The molecule has 3 aromatic carbocycles. The maximum absolute atomic E-state index is 12.0. The number of carboxylic acids is 1. The molecule has 1 fully saturated rings. The van der Waals surface area contributed by atoms with Crippen LogP contribution >= 0.6 is 0 Å². The van der Waals surface area contributed by atoms with Crippen LogP contribution in [0.15, 0.2) is 77.4 Å². The van der Waals surface area contributed by atoms with Crippen molar-refractivity contribution in [1.82, 2.24) is 0 Å². The molecule has 0 bridgehead atoms. The number of ether oxygens (including phenoxy) is 1. The highest BCUT2D eigenvalue weighted by atomic mass is 16.5. The average molecular weight is 415 g/mol. The van der Waals surface area contributed by atoms with E-state index in [-0.39, 0.29) is 18.3 Å². The van der Waals surface area contributed by atoms with E-state index < -0.39 is 5.97 Å². The van der Waals surface area contributed by atoms with Gasteiger partial charge in [-0.1, -0.05) is 30.3 Å². The van der Waals surface area contributed by atoms with Gasteiger partial charge in [0.1, 0.15) is 17.4 Å². The second-order valence-electron chi connectivity index (χ2n) is 7.62. The number of anilines is 1. The number of aromatic carboxylic acids is 1. The van der Waals surface area contributed by atoms with Gasteiger partial charge in [0.2, 0.25) is 0 Å². The van der Waals surface area contributed by atoms with E-state index in [2.05, 4.69) is 4.90 Å². The van der Waals surface area contributed by atoms with Crippen LogP contribution in [0, 0.1) is 0 Å². The summed E-state index contributed by atoms with van der Waals surface area (Å²) in [6.07, 6.45) is 1.64. The van der Waals surface area contributed by atoms with Crippen molar-refractivity contribution in [3.63, 3.8) is 0 Å². The van der Waals surface area contributed by atoms with Crippen LogP contribution in [0.2, 0.25) is 0 Å². The maximum Gasteiger partial charge on any atom is 0.336 e. The molecular weight excluding hydrogens is 394 g/mol. The Labute approximate surface area is 178 Å². The molecule has 0 aliphatic carbocycles. The molecule has 6 heteroatoms. The molecule has 1 saturated heterocycles. The number of hydrogen-bond acceptors (Lipinski definition) is 5. The molecule has 0 radical (unpaired) electrons. The molecule has 0 saturated carbocycles. The Hall–Kier alpha value is -3.77. The van der Waals surface area contributed by atoms with Gasteiger partial charge in [0.05, 0.1) is 31.5 Å². The van der Waals surface area contributed by atoms with Crippen LogP contribution in [0.25, 0.3) is 22.1 Å². The van der Waals surface area contributed by atoms with Crippen LogP contribution in [-0.2, 0) is 6.61 Å². The van der Waals surface area contributed by atoms with Gasteiger partial charge in [0, 0.05) is 16.6 Å². The van der Waals surface area contributed by atoms with Crippen molar-refractivity contribution in [3.05, 3.63) is 84.1 Å². The molecule has 5 rings (SSSR count). The molecule has 2 N–H and O–H groups in total. The van der Waals surface area contributed by atoms with Gasteiger partial charge in [0.25, 0.3) is 0 Å². The van der Waals surface area contributed by atoms with Crippen molar-refractivity contribution >= 4 is 22.6 Å². The molecule has 31 heavy (non-hydrogen) atoms. The van der Waals surface area contributed by atoms with E-state index in [1.54, 1.807) is 18.4 Å². The first kappa shape index (κ1) is 19.2. The lowest BCUT2D eigenvalue weighted by molar-refractivity contribution is 0.0697. The molecule has 0 atom stereocenters. The summed E-state index contributed by atoms with van der Waals surface area (Å²) in [5, 5.41) is 19.9. The van der Waals surface area contributed by atoms with Crippen molar-refractivity contribution in [2.45, 2.75) is 12.7 Å². The number of rotatable bonds is 6. The Morgan fingerprint density at radius 3 is 2.61 bits per heavy atom. The SMILES string of the molecule is O=C(O)c1cccc(N2CC(Oc3ccc(CO)cc3)C2)c1-c1ccc2ccoc2c1. The van der Waals surface area contributed by atoms with E-state index in [9.17, 15) is 9.90 Å². The molecule has 1 aromatic heterocycles. The highest BCUT2D eigenvalue weighted by Gasteiger charge is 2.31. The van der Waals surface area contributed by atoms with E-state index in [0.29, 0.717) is 18.7 Å². The number of nitrogens with zero attached hydrogens (tertiary/aromatic N) is 1. The van der Waals surface area contributed by atoms with Gasteiger partial charge in [-0.3, -0.25) is 0 Å². The first-order valence-corrected chi connectivity index (χ1v) is 10.1. The molecule has 2 heterocycles. The number of carboxylic acid groups (broad SMARTS) is 1. The van der Waals surface area contributed by atoms with Gasteiger partial charge >= 0.3 is 5.97 Å². The minimum absolute atomic E-state index is 0.00395. The summed E-state index contributed by atoms with van der Waals surface area (Å²) in [5.41, 5.74) is 4.16. The zero-order chi connectivity index (χ0) is 21.4. The summed E-state index contributed by atoms with van der Waals surface area (Å²) >= 11 is 0. The molecule has 1 aliphatic heterocycles. The minimum atomic E-state index is -0.964. The summed E-state index contributed by atoms with van der Waals surface area (Å²) in [4.78, 5) is 14.1. The van der Waals surface area contributed by atoms with Gasteiger partial charge in [-0.15, -0.1) is 0 Å². The predicted octanol–water partition coefficient (Wildman–Crippen LogP) is 4.56. The zero-order valence-electron chi connectivity index (χ0n) is 16.7. The Kier molecular flexibility index (Phi) is 4.84. The van der Waals surface area contributed by atoms with Crippen molar-refractivity contribution < 1.29 is 24.2 Å². The lowest BCUT2D eigenvalue weighted by Gasteiger charge is -2.41. The van der Waals surface area contributed by atoms with E-state index in [0.717, 1.165) is 33.5 Å². The van der Waals surface area contributed by atoms with E-state index in [1.807, 2.05) is 54.6 Å². The number of aliphatic hydroxyl groups excluding tert-OH is 1. The Morgan fingerprint density at radius 2 is 1.87 bits per heavy atom. The van der Waals surface area contributed by atoms with Gasteiger partial charge in [-0.2, -0.15) is 0 Å². The lowest BCUT2D eigenvalue weighted by Crippen LogP contribution is -2.54. The first-order chi connectivity index (χ1) is 15.1. The molecule has 156 valence electrons. The van der Waals surface area contributed by atoms with Crippen molar-refractivity contribution in [2.75, 3.05) is 18.0 Å². The molecule has 6 nitrogen and oxygen atoms in total.